The molecule has 4 N–H and O–H groups in total. The van der Waals surface area contributed by atoms with Gasteiger partial charge in [0.15, 0.2) is 5.78 Å². The summed E-state index contributed by atoms with van der Waals surface area (Å²) < 4.78 is 19.3. The maximum absolute atomic E-state index is 14.0. The number of methoxy groups -OCH3 is 1. The summed E-state index contributed by atoms with van der Waals surface area (Å²) in [5.74, 6) is -5.62. The summed E-state index contributed by atoms with van der Waals surface area (Å²) in [6, 6.07) is 7.78. The van der Waals surface area contributed by atoms with Gasteiger partial charge in [0.05, 0.1) is 31.1 Å². The maximum Gasteiger partial charge on any atom is 0.330 e. The quantitative estimate of drug-likeness (QED) is 0.217. The van der Waals surface area contributed by atoms with Crippen LogP contribution in [0, 0.1) is 11.7 Å². The molecule has 0 fully saturated rings. The first kappa shape index (κ1) is 34.0. The maximum atomic E-state index is 14.0. The summed E-state index contributed by atoms with van der Waals surface area (Å²) in [6.45, 7) is 3.30. The van der Waals surface area contributed by atoms with Crippen LogP contribution in [0.5, 0.6) is 5.75 Å². The number of benzene rings is 2. The number of rotatable bonds is 15. The first-order valence-electron chi connectivity index (χ1n) is 12.5. The predicted octanol–water partition coefficient (Wildman–Crippen LogP) is 3.86. The second-order valence-electron chi connectivity index (χ2n) is 9.21. The number of amides is 2. The molecule has 0 aliphatic carbocycles. The Morgan fingerprint density at radius 3 is 2.40 bits per heavy atom. The Kier molecular flexibility index (Phi) is 13.2. The molecule has 2 amide bonds. The number of carboxylic acid groups (broad SMARTS) is 2. The largest absolute Gasteiger partial charge is 0.496 e. The molecule has 0 saturated heterocycles. The number of nitrogens with one attached hydrogen (secondary N) is 2. The summed E-state index contributed by atoms with van der Waals surface area (Å²) in [7, 11) is 1.41. The number of ketones is 1. The van der Waals surface area contributed by atoms with Crippen LogP contribution in [0.4, 0.5) is 4.39 Å². The molecule has 1 atom stereocenters. The summed E-state index contributed by atoms with van der Waals surface area (Å²) in [5, 5.41) is 23.2. The molecule has 0 aliphatic rings. The van der Waals surface area contributed by atoms with Crippen LogP contribution in [0.2, 0.25) is 5.02 Å². The van der Waals surface area contributed by atoms with Crippen molar-refractivity contribution in [3.8, 4) is 5.75 Å². The molecule has 2 aromatic carbocycles. The van der Waals surface area contributed by atoms with E-state index in [1.807, 2.05) is 0 Å². The number of allylic oxidation sites excluding steroid dienone is 1. The van der Waals surface area contributed by atoms with Crippen LogP contribution in [0.15, 0.2) is 54.2 Å². The summed E-state index contributed by atoms with van der Waals surface area (Å²) in [6.07, 6.45) is 2.63. The van der Waals surface area contributed by atoms with Gasteiger partial charge < -0.3 is 25.6 Å². The number of carbonyl (C=O) groups excluding carboxylic acids is 3. The molecular weight excluding hydrogens is 591 g/mol. The average Bonchev–Trinajstić information content (AvgIpc) is 2.91. The molecule has 0 unspecified atom stereocenters. The first-order chi connectivity index (χ1) is 19.8. The number of hydrogen-bond acceptors (Lipinski definition) is 7. The lowest BCUT2D eigenvalue weighted by Gasteiger charge is -2.22. The minimum atomic E-state index is -1.48. The van der Waals surface area contributed by atoms with E-state index in [0.29, 0.717) is 23.0 Å². The second-order valence-corrected chi connectivity index (χ2v) is 10.6. The Morgan fingerprint density at radius 1 is 1.10 bits per heavy atom. The number of carbonyl (C=O) groups is 5. The zero-order valence-corrected chi connectivity index (χ0v) is 24.6. The van der Waals surface area contributed by atoms with E-state index in [0.717, 1.165) is 17.8 Å². The fourth-order valence-electron chi connectivity index (χ4n) is 3.65. The smallest absolute Gasteiger partial charge is 0.330 e. The normalized spacial score (nSPS) is 12.2. The van der Waals surface area contributed by atoms with Crippen molar-refractivity contribution >= 4 is 59.0 Å². The van der Waals surface area contributed by atoms with Crippen LogP contribution in [-0.2, 0) is 36.1 Å². The van der Waals surface area contributed by atoms with Crippen molar-refractivity contribution in [2.24, 2.45) is 5.92 Å². The summed E-state index contributed by atoms with van der Waals surface area (Å²) >= 11 is 6.99. The molecule has 0 bridgehead atoms. The third-order valence-corrected chi connectivity index (χ3v) is 7.02. The zero-order chi connectivity index (χ0) is 31.4. The van der Waals surface area contributed by atoms with E-state index in [1.54, 1.807) is 32.0 Å². The molecule has 0 radical (unpaired) electrons. The molecular formula is C29H30ClFN2O8S. The third-order valence-electron chi connectivity index (χ3n) is 5.71. The topological polar surface area (TPSA) is 159 Å². The Bertz CT molecular complexity index is 1390. The lowest BCUT2D eigenvalue weighted by Crippen LogP contribution is -2.50. The number of hydrogen-bond donors (Lipinski definition) is 4. The Balaban J connectivity index is 2.13. The van der Waals surface area contributed by atoms with Crippen molar-refractivity contribution in [2.75, 3.05) is 12.9 Å². The Morgan fingerprint density at radius 2 is 1.81 bits per heavy atom. The van der Waals surface area contributed by atoms with Gasteiger partial charge in [-0.2, -0.15) is 0 Å². The lowest BCUT2D eigenvalue weighted by atomic mass is 10.0. The fraction of sp³-hybridized carbons (Fsp3) is 0.276. The highest BCUT2D eigenvalue weighted by Gasteiger charge is 2.27. The van der Waals surface area contributed by atoms with Gasteiger partial charge in [0.25, 0.3) is 0 Å². The molecule has 42 heavy (non-hydrogen) atoms. The van der Waals surface area contributed by atoms with E-state index in [4.69, 9.17) is 21.4 Å². The highest BCUT2D eigenvalue weighted by Crippen LogP contribution is 2.24. The number of halogens is 2. The minimum Gasteiger partial charge on any atom is -0.496 e. The van der Waals surface area contributed by atoms with Crippen molar-refractivity contribution in [1.29, 1.82) is 0 Å². The molecule has 0 heterocycles. The van der Waals surface area contributed by atoms with Crippen molar-refractivity contribution in [3.05, 3.63) is 81.8 Å². The van der Waals surface area contributed by atoms with E-state index in [-0.39, 0.29) is 28.5 Å². The van der Waals surface area contributed by atoms with Gasteiger partial charge >= 0.3 is 11.9 Å². The van der Waals surface area contributed by atoms with Gasteiger partial charge in [-0.25, -0.2) is 14.0 Å². The van der Waals surface area contributed by atoms with Crippen molar-refractivity contribution in [3.63, 3.8) is 0 Å². The van der Waals surface area contributed by atoms with Gasteiger partial charge in [-0.3, -0.25) is 14.4 Å². The first-order valence-corrected chi connectivity index (χ1v) is 14.0. The van der Waals surface area contributed by atoms with Gasteiger partial charge in [0.1, 0.15) is 17.6 Å². The third kappa shape index (κ3) is 10.7. The predicted molar refractivity (Wildman–Crippen MR) is 157 cm³/mol. The van der Waals surface area contributed by atoms with E-state index in [1.165, 1.54) is 31.4 Å². The SMILES string of the molecule is COc1ccc(/C=C/C(=O)O)cc1CC(=O)N[C@H](C(=O)N/C(=C/C(=O)O)C(=O)CSCc1c(F)cccc1Cl)C(C)C. The summed E-state index contributed by atoms with van der Waals surface area (Å²) in [5.41, 5.74) is 0.627. The van der Waals surface area contributed by atoms with Crippen molar-refractivity contribution in [1.82, 2.24) is 10.6 Å². The van der Waals surface area contributed by atoms with Crippen LogP contribution in [0.25, 0.3) is 6.08 Å². The van der Waals surface area contributed by atoms with Gasteiger partial charge in [-0.1, -0.05) is 37.6 Å². The van der Waals surface area contributed by atoms with E-state index in [9.17, 15) is 33.5 Å². The Hall–Kier alpha value is -4.16. The molecule has 2 rings (SSSR count). The standard InChI is InChI=1S/C29H30ClFN2O8S/c1-16(2)28(33-25(35)12-18-11-17(8-10-26(36)37)7-9-24(18)41-3)29(40)32-22(13-27(38)39)23(34)15-42-14-19-20(30)5-4-6-21(19)31/h4-11,13,16,28H,12,14-15H2,1-3H3,(H,32,40)(H,33,35)(H,36,37)(H,38,39)/b10-8+,22-13+/t28-/m0/s1. The monoisotopic (exact) mass is 620 g/mol. The lowest BCUT2D eigenvalue weighted by molar-refractivity contribution is -0.132. The average molecular weight is 621 g/mol. The highest BCUT2D eigenvalue weighted by molar-refractivity contribution is 7.99. The van der Waals surface area contributed by atoms with Crippen molar-refractivity contribution < 1.29 is 43.3 Å². The van der Waals surface area contributed by atoms with Crippen LogP contribution in [0.3, 0.4) is 0 Å². The van der Waals surface area contributed by atoms with E-state index < -0.39 is 53.0 Å². The zero-order valence-electron chi connectivity index (χ0n) is 23.0. The molecule has 10 nitrogen and oxygen atoms in total. The van der Waals surface area contributed by atoms with Gasteiger partial charge in [0, 0.05) is 28.0 Å². The van der Waals surface area contributed by atoms with Gasteiger partial charge in [-0.05, 0) is 41.8 Å². The molecule has 224 valence electrons. The van der Waals surface area contributed by atoms with Crippen LogP contribution in [-0.4, -0.2) is 58.7 Å². The number of carboxylic acids is 2. The van der Waals surface area contributed by atoms with E-state index in [2.05, 4.69) is 10.6 Å². The number of Topliss-reactive ketones (excluding diaryl/α,β-unsaturated/α-hetero) is 1. The number of thioether (sulfide) groups is 1. The van der Waals surface area contributed by atoms with Crippen LogP contribution >= 0.6 is 23.4 Å². The highest BCUT2D eigenvalue weighted by atomic mass is 35.5. The van der Waals surface area contributed by atoms with Crippen LogP contribution in [0.1, 0.15) is 30.5 Å². The fourth-order valence-corrected chi connectivity index (χ4v) is 4.90. The summed E-state index contributed by atoms with van der Waals surface area (Å²) in [4.78, 5) is 61.0. The Labute approximate surface area is 251 Å². The molecule has 2 aromatic rings. The van der Waals surface area contributed by atoms with E-state index >= 15 is 0 Å². The molecule has 13 heteroatoms. The van der Waals surface area contributed by atoms with Crippen molar-refractivity contribution in [2.45, 2.75) is 32.1 Å². The minimum absolute atomic E-state index is 0.0347. The van der Waals surface area contributed by atoms with Crippen LogP contribution < -0.4 is 15.4 Å². The van der Waals surface area contributed by atoms with Gasteiger partial charge in [0.2, 0.25) is 11.8 Å². The molecule has 0 aliphatic heterocycles. The molecule has 0 aromatic heterocycles. The molecule has 0 saturated carbocycles. The second kappa shape index (κ2) is 16.3. The molecule has 0 spiro atoms. The van der Waals surface area contributed by atoms with Gasteiger partial charge in [-0.15, -0.1) is 11.8 Å². The number of ether oxygens (including phenoxy) is 1. The number of aliphatic carboxylic acids is 2.